The van der Waals surface area contributed by atoms with Gasteiger partial charge < -0.3 is 28.8 Å². The standard InChI is InChI=1S/C19H21N3O5S/c1-22(2)14-8-16(25-4)15(24-3)5-11(14)9-28(23)19-20-12-6-17-18(27-10-26-17)7-13(12)21-19/h5-8H,9-10H2,1-4H3,(H,20,21). The van der Waals surface area contributed by atoms with Crippen LogP contribution in [0.3, 0.4) is 0 Å². The van der Waals surface area contributed by atoms with Crippen LogP contribution in [0.1, 0.15) is 5.56 Å². The van der Waals surface area contributed by atoms with Crippen LogP contribution in [0.2, 0.25) is 0 Å². The lowest BCUT2D eigenvalue weighted by molar-refractivity contribution is 0.174. The molecule has 0 saturated carbocycles. The van der Waals surface area contributed by atoms with E-state index in [4.69, 9.17) is 18.9 Å². The Labute approximate surface area is 164 Å². The molecule has 1 aliphatic heterocycles. The smallest absolute Gasteiger partial charge is 0.231 e. The molecule has 0 saturated heterocycles. The molecule has 4 rings (SSSR count). The summed E-state index contributed by atoms with van der Waals surface area (Å²) in [5.41, 5.74) is 3.22. The molecule has 9 heteroatoms. The molecule has 0 amide bonds. The van der Waals surface area contributed by atoms with Crippen LogP contribution < -0.4 is 23.8 Å². The van der Waals surface area contributed by atoms with Crippen LogP contribution in [0.25, 0.3) is 11.0 Å². The topological polar surface area (TPSA) is 85.9 Å². The number of nitrogens with one attached hydrogen (secondary N) is 1. The first-order valence-corrected chi connectivity index (χ1v) is 9.92. The van der Waals surface area contributed by atoms with E-state index in [0.717, 1.165) is 16.8 Å². The van der Waals surface area contributed by atoms with E-state index < -0.39 is 10.8 Å². The summed E-state index contributed by atoms with van der Waals surface area (Å²) in [6.07, 6.45) is 0. The number of ether oxygens (including phenoxy) is 4. The number of hydrogen-bond acceptors (Lipinski definition) is 7. The van der Waals surface area contributed by atoms with E-state index in [9.17, 15) is 4.21 Å². The third kappa shape index (κ3) is 3.22. The molecular formula is C19H21N3O5S. The van der Waals surface area contributed by atoms with E-state index >= 15 is 0 Å². The van der Waals surface area contributed by atoms with Gasteiger partial charge in [-0.1, -0.05) is 0 Å². The van der Waals surface area contributed by atoms with Gasteiger partial charge in [0.15, 0.2) is 28.2 Å². The molecule has 0 aliphatic carbocycles. The summed E-state index contributed by atoms with van der Waals surface area (Å²) in [4.78, 5) is 9.56. The zero-order valence-corrected chi connectivity index (χ0v) is 16.9. The number of benzene rings is 2. The highest BCUT2D eigenvalue weighted by Gasteiger charge is 2.20. The lowest BCUT2D eigenvalue weighted by Gasteiger charge is -2.20. The Hall–Kier alpha value is -2.94. The van der Waals surface area contributed by atoms with Crippen molar-refractivity contribution < 1.29 is 23.2 Å². The Morgan fingerprint density at radius 2 is 1.79 bits per heavy atom. The largest absolute Gasteiger partial charge is 0.493 e. The molecule has 2 aromatic carbocycles. The molecule has 0 radical (unpaired) electrons. The summed E-state index contributed by atoms with van der Waals surface area (Å²) in [5, 5.41) is 0.401. The van der Waals surface area contributed by atoms with Gasteiger partial charge in [0.05, 0.1) is 41.8 Å². The van der Waals surface area contributed by atoms with E-state index in [0.29, 0.717) is 33.7 Å². The van der Waals surface area contributed by atoms with Crippen LogP contribution in [0.4, 0.5) is 5.69 Å². The van der Waals surface area contributed by atoms with Crippen LogP contribution >= 0.6 is 0 Å². The van der Waals surface area contributed by atoms with Gasteiger partial charge in [-0.05, 0) is 11.6 Å². The number of imidazole rings is 1. The third-order valence-electron chi connectivity index (χ3n) is 4.52. The van der Waals surface area contributed by atoms with Crippen LogP contribution in [0.15, 0.2) is 29.4 Å². The van der Waals surface area contributed by atoms with Gasteiger partial charge in [0, 0.05) is 38.0 Å². The summed E-state index contributed by atoms with van der Waals surface area (Å²) in [6, 6.07) is 7.33. The lowest BCUT2D eigenvalue weighted by atomic mass is 10.1. The molecule has 3 aromatic rings. The molecule has 0 spiro atoms. The number of aromatic amines is 1. The normalized spacial score (nSPS) is 13.6. The molecule has 0 bridgehead atoms. The fourth-order valence-electron chi connectivity index (χ4n) is 3.14. The Balaban J connectivity index is 1.67. The molecule has 28 heavy (non-hydrogen) atoms. The van der Waals surface area contributed by atoms with Crippen LogP contribution in [-0.2, 0) is 16.6 Å². The summed E-state index contributed by atoms with van der Waals surface area (Å²) in [6.45, 7) is 0.202. The second-order valence-corrected chi connectivity index (χ2v) is 7.85. The number of methoxy groups -OCH3 is 2. The molecule has 1 N–H and O–H groups in total. The lowest BCUT2D eigenvalue weighted by Crippen LogP contribution is -2.13. The monoisotopic (exact) mass is 403 g/mol. The summed E-state index contributed by atoms with van der Waals surface area (Å²) in [5.74, 6) is 2.80. The molecule has 8 nitrogen and oxygen atoms in total. The highest BCUT2D eigenvalue weighted by molar-refractivity contribution is 7.84. The summed E-state index contributed by atoms with van der Waals surface area (Å²) in [7, 11) is 5.64. The number of anilines is 1. The number of hydrogen-bond donors (Lipinski definition) is 1. The maximum atomic E-state index is 13.0. The second kappa shape index (κ2) is 7.23. The van der Waals surface area contributed by atoms with Gasteiger partial charge in [-0.3, -0.25) is 4.21 Å². The fourth-order valence-corrected chi connectivity index (χ4v) is 4.21. The van der Waals surface area contributed by atoms with Crippen molar-refractivity contribution in [1.29, 1.82) is 0 Å². The fraction of sp³-hybridized carbons (Fsp3) is 0.316. The third-order valence-corrected chi connectivity index (χ3v) is 5.72. The van der Waals surface area contributed by atoms with Crippen molar-refractivity contribution in [3.8, 4) is 23.0 Å². The molecule has 148 valence electrons. The van der Waals surface area contributed by atoms with Crippen molar-refractivity contribution >= 4 is 27.5 Å². The van der Waals surface area contributed by atoms with Gasteiger partial charge in [-0.2, -0.15) is 0 Å². The first-order chi connectivity index (χ1) is 13.5. The molecular weight excluding hydrogens is 382 g/mol. The van der Waals surface area contributed by atoms with E-state index in [2.05, 4.69) is 9.97 Å². The van der Waals surface area contributed by atoms with Crippen molar-refractivity contribution in [3.63, 3.8) is 0 Å². The molecule has 1 aliphatic rings. The minimum atomic E-state index is -1.38. The van der Waals surface area contributed by atoms with Crippen LogP contribution in [0, 0.1) is 0 Å². The summed E-state index contributed by atoms with van der Waals surface area (Å²) < 4.78 is 34.6. The minimum absolute atomic E-state index is 0.202. The second-order valence-electron chi connectivity index (χ2n) is 6.48. The Morgan fingerprint density at radius 1 is 1.11 bits per heavy atom. The van der Waals surface area contributed by atoms with Crippen LogP contribution in [-0.4, -0.2) is 49.3 Å². The van der Waals surface area contributed by atoms with Crippen molar-refractivity contribution in [2.24, 2.45) is 0 Å². The van der Waals surface area contributed by atoms with E-state index in [1.54, 1.807) is 20.3 Å². The van der Waals surface area contributed by atoms with E-state index in [1.165, 1.54) is 0 Å². The number of H-pyrrole nitrogens is 1. The van der Waals surface area contributed by atoms with Crippen molar-refractivity contribution in [2.45, 2.75) is 10.9 Å². The summed E-state index contributed by atoms with van der Waals surface area (Å²) >= 11 is 0. The molecule has 1 unspecified atom stereocenters. The van der Waals surface area contributed by atoms with Crippen molar-refractivity contribution in [2.75, 3.05) is 40.0 Å². The predicted molar refractivity (Wildman–Crippen MR) is 106 cm³/mol. The van der Waals surface area contributed by atoms with Gasteiger partial charge >= 0.3 is 0 Å². The van der Waals surface area contributed by atoms with Crippen LogP contribution in [0.5, 0.6) is 23.0 Å². The minimum Gasteiger partial charge on any atom is -0.493 e. The highest BCUT2D eigenvalue weighted by Crippen LogP contribution is 2.37. The highest BCUT2D eigenvalue weighted by atomic mass is 32.2. The average molecular weight is 403 g/mol. The zero-order chi connectivity index (χ0) is 19.8. The molecule has 2 heterocycles. The van der Waals surface area contributed by atoms with Crippen molar-refractivity contribution in [1.82, 2.24) is 9.97 Å². The molecule has 1 atom stereocenters. The first-order valence-electron chi connectivity index (χ1n) is 8.60. The number of aromatic nitrogens is 2. The predicted octanol–water partition coefficient (Wildman–Crippen LogP) is 2.68. The Morgan fingerprint density at radius 3 is 2.46 bits per heavy atom. The van der Waals surface area contributed by atoms with Crippen molar-refractivity contribution in [3.05, 3.63) is 29.8 Å². The van der Waals surface area contributed by atoms with Gasteiger partial charge in [0.1, 0.15) is 0 Å². The van der Waals surface area contributed by atoms with Gasteiger partial charge in [0.2, 0.25) is 6.79 Å². The quantitative estimate of drug-likeness (QED) is 0.677. The number of fused-ring (bicyclic) bond motifs is 2. The molecule has 1 aromatic heterocycles. The maximum absolute atomic E-state index is 13.0. The van der Waals surface area contributed by atoms with E-state index in [-0.39, 0.29) is 12.5 Å². The van der Waals surface area contributed by atoms with E-state index in [1.807, 2.05) is 37.2 Å². The van der Waals surface area contributed by atoms with Gasteiger partial charge in [-0.15, -0.1) is 0 Å². The van der Waals surface area contributed by atoms with Gasteiger partial charge in [-0.25, -0.2) is 4.98 Å². The first kappa shape index (κ1) is 18.4. The maximum Gasteiger partial charge on any atom is 0.231 e. The van der Waals surface area contributed by atoms with Gasteiger partial charge in [0.25, 0.3) is 0 Å². The number of nitrogens with zero attached hydrogens (tertiary/aromatic N) is 2. The Kier molecular flexibility index (Phi) is 4.76. The average Bonchev–Trinajstić information content (AvgIpc) is 3.31. The Bertz CT molecular complexity index is 1020. The number of rotatable bonds is 6. The zero-order valence-electron chi connectivity index (χ0n) is 16.1. The SMILES string of the molecule is COc1cc(CS(=O)c2nc3cc4c(cc3[nH]2)OCO4)c(N(C)C)cc1OC. The molecule has 0 fully saturated rings.